The maximum absolute atomic E-state index is 12.6. The zero-order valence-electron chi connectivity index (χ0n) is 14.7. The smallest absolute Gasteiger partial charge is 0.259 e. The summed E-state index contributed by atoms with van der Waals surface area (Å²) in [5.74, 6) is -0.140. The van der Waals surface area contributed by atoms with Crippen molar-refractivity contribution in [3.63, 3.8) is 0 Å². The van der Waals surface area contributed by atoms with Crippen LogP contribution in [0.25, 0.3) is 6.08 Å². The monoisotopic (exact) mass is 417 g/mol. The first kappa shape index (κ1) is 18.9. The van der Waals surface area contributed by atoms with Gasteiger partial charge in [0.25, 0.3) is 6.04 Å². The van der Waals surface area contributed by atoms with Gasteiger partial charge in [-0.2, -0.15) is 0 Å². The molecule has 0 saturated carbocycles. The molecule has 2 saturated heterocycles. The van der Waals surface area contributed by atoms with Gasteiger partial charge in [0.2, 0.25) is 5.91 Å². The quantitative estimate of drug-likeness (QED) is 0.551. The lowest BCUT2D eigenvalue weighted by atomic mass is 9.94. The van der Waals surface area contributed by atoms with E-state index in [0.717, 1.165) is 5.56 Å². The van der Waals surface area contributed by atoms with Crippen LogP contribution in [0.2, 0.25) is 10.0 Å². The summed E-state index contributed by atoms with van der Waals surface area (Å²) in [7, 11) is 0. The first-order valence-corrected chi connectivity index (χ1v) is 9.63. The fourth-order valence-corrected chi connectivity index (χ4v) is 4.50. The Morgan fingerprint density at radius 3 is 2.57 bits per heavy atom. The summed E-state index contributed by atoms with van der Waals surface area (Å²) in [5, 5.41) is 16.1. The van der Waals surface area contributed by atoms with E-state index < -0.39 is 18.1 Å². The Hall–Kier alpha value is -2.41. The maximum atomic E-state index is 12.6. The lowest BCUT2D eigenvalue weighted by Gasteiger charge is -2.25. The second kappa shape index (κ2) is 7.54. The number of carbonyl (C=O) groups excluding carboxylic acids is 1. The first-order chi connectivity index (χ1) is 13.5. The number of hydrogen-bond acceptors (Lipinski definition) is 4. The van der Waals surface area contributed by atoms with E-state index in [9.17, 15) is 14.9 Å². The lowest BCUT2D eigenvalue weighted by Crippen LogP contribution is -2.38. The summed E-state index contributed by atoms with van der Waals surface area (Å²) in [6.45, 7) is 0.439. The predicted octanol–water partition coefficient (Wildman–Crippen LogP) is 4.22. The maximum Gasteiger partial charge on any atom is 0.259 e. The number of benzene rings is 2. The minimum absolute atomic E-state index is 0.140. The van der Waals surface area contributed by atoms with Crippen molar-refractivity contribution in [3.8, 4) is 0 Å². The second-order valence-electron chi connectivity index (χ2n) is 6.80. The van der Waals surface area contributed by atoms with Crippen molar-refractivity contribution in [1.82, 2.24) is 10.0 Å². The van der Waals surface area contributed by atoms with Crippen LogP contribution < -0.4 is 0 Å². The molecule has 2 aliphatic rings. The van der Waals surface area contributed by atoms with Gasteiger partial charge in [0.15, 0.2) is 0 Å². The first-order valence-electron chi connectivity index (χ1n) is 8.87. The van der Waals surface area contributed by atoms with Crippen LogP contribution in [0.4, 0.5) is 0 Å². The van der Waals surface area contributed by atoms with E-state index in [1.807, 2.05) is 36.4 Å². The SMILES string of the molecule is O=C1CCN2[C@H](/C=C\c3ccccc3)[C@H]([N+](=O)[O-])[C@@H](c3ccc(Cl)cc3Cl)N12. The zero-order chi connectivity index (χ0) is 19.8. The molecule has 0 aliphatic carbocycles. The highest BCUT2D eigenvalue weighted by atomic mass is 35.5. The molecule has 3 atom stereocenters. The molecule has 0 aromatic heterocycles. The van der Waals surface area contributed by atoms with E-state index >= 15 is 0 Å². The van der Waals surface area contributed by atoms with E-state index in [0.29, 0.717) is 28.6 Å². The number of nitrogens with zero attached hydrogens (tertiary/aromatic N) is 3. The number of hydrogen-bond donors (Lipinski definition) is 0. The summed E-state index contributed by atoms with van der Waals surface area (Å²) >= 11 is 12.3. The van der Waals surface area contributed by atoms with Gasteiger partial charge in [-0.15, -0.1) is 0 Å². The largest absolute Gasteiger partial charge is 0.273 e. The van der Waals surface area contributed by atoms with Crippen LogP contribution >= 0.6 is 23.2 Å². The van der Waals surface area contributed by atoms with Gasteiger partial charge in [-0.25, -0.2) is 5.01 Å². The number of rotatable bonds is 4. The van der Waals surface area contributed by atoms with Gasteiger partial charge in [-0.1, -0.05) is 71.8 Å². The molecule has 2 aromatic carbocycles. The van der Waals surface area contributed by atoms with Gasteiger partial charge >= 0.3 is 0 Å². The van der Waals surface area contributed by atoms with Crippen molar-refractivity contribution >= 4 is 35.2 Å². The van der Waals surface area contributed by atoms with Crippen molar-refractivity contribution in [1.29, 1.82) is 0 Å². The molecule has 2 heterocycles. The van der Waals surface area contributed by atoms with Gasteiger partial charge in [0, 0.05) is 33.5 Å². The fraction of sp³-hybridized carbons (Fsp3) is 0.250. The third-order valence-electron chi connectivity index (χ3n) is 5.18. The van der Waals surface area contributed by atoms with E-state index in [1.165, 1.54) is 5.01 Å². The van der Waals surface area contributed by atoms with Crippen LogP contribution in [0.5, 0.6) is 0 Å². The van der Waals surface area contributed by atoms with Crippen molar-refractivity contribution in [3.05, 3.63) is 85.9 Å². The molecule has 8 heteroatoms. The van der Waals surface area contributed by atoms with Crippen molar-refractivity contribution in [2.75, 3.05) is 6.54 Å². The number of fused-ring (bicyclic) bond motifs is 1. The minimum atomic E-state index is -1.04. The molecule has 0 N–H and O–H groups in total. The summed E-state index contributed by atoms with van der Waals surface area (Å²) in [6.07, 6.45) is 3.98. The van der Waals surface area contributed by atoms with Crippen molar-refractivity contribution < 1.29 is 9.72 Å². The van der Waals surface area contributed by atoms with Crippen molar-refractivity contribution in [2.45, 2.75) is 24.5 Å². The Morgan fingerprint density at radius 1 is 1.14 bits per heavy atom. The van der Waals surface area contributed by atoms with Gasteiger partial charge in [0.05, 0.1) is 0 Å². The number of amides is 1. The van der Waals surface area contributed by atoms with Crippen LogP contribution in [0.3, 0.4) is 0 Å². The highest BCUT2D eigenvalue weighted by molar-refractivity contribution is 6.35. The molecule has 6 nitrogen and oxygen atoms in total. The Morgan fingerprint density at radius 2 is 1.89 bits per heavy atom. The Bertz CT molecular complexity index is 951. The summed E-state index contributed by atoms with van der Waals surface area (Å²) < 4.78 is 0. The average Bonchev–Trinajstić information content (AvgIpc) is 3.19. The molecule has 2 fully saturated rings. The number of nitro groups is 1. The third-order valence-corrected chi connectivity index (χ3v) is 5.74. The predicted molar refractivity (Wildman–Crippen MR) is 107 cm³/mol. The molecular weight excluding hydrogens is 401 g/mol. The summed E-state index contributed by atoms with van der Waals surface area (Å²) in [4.78, 5) is 24.3. The van der Waals surface area contributed by atoms with Gasteiger partial charge < -0.3 is 0 Å². The molecule has 0 radical (unpaired) electrons. The summed E-state index contributed by atoms with van der Waals surface area (Å²) in [6, 6.07) is 12.0. The van der Waals surface area contributed by atoms with Crippen LogP contribution in [0.1, 0.15) is 23.6 Å². The van der Waals surface area contributed by atoms with E-state index in [1.54, 1.807) is 29.3 Å². The average molecular weight is 418 g/mol. The molecule has 2 aromatic rings. The molecule has 144 valence electrons. The van der Waals surface area contributed by atoms with Crippen LogP contribution in [-0.2, 0) is 4.79 Å². The summed E-state index contributed by atoms with van der Waals surface area (Å²) in [5.41, 5.74) is 1.47. The van der Waals surface area contributed by atoms with Crippen LogP contribution in [-0.4, -0.2) is 39.5 Å². The molecule has 2 aliphatic heterocycles. The normalized spacial score (nSPS) is 24.9. The van der Waals surface area contributed by atoms with Gasteiger partial charge in [-0.3, -0.25) is 19.9 Å². The van der Waals surface area contributed by atoms with E-state index in [2.05, 4.69) is 0 Å². The Kier molecular flexibility index (Phi) is 5.10. The molecule has 1 amide bonds. The minimum Gasteiger partial charge on any atom is -0.273 e. The Labute approximate surface area is 172 Å². The molecule has 28 heavy (non-hydrogen) atoms. The van der Waals surface area contributed by atoms with Gasteiger partial charge in [-0.05, 0) is 17.7 Å². The standard InChI is InChI=1S/C20H17Cl2N3O3/c21-14-7-8-15(16(22)12-14)19-20(25(27)28)17(23-11-10-18(26)24(19)23)9-6-13-4-2-1-3-5-13/h1-9,12,17,19-20H,10-11H2/b9-6-/t17-,19-,20+/m1/s1. The van der Waals surface area contributed by atoms with Crippen LogP contribution in [0, 0.1) is 10.1 Å². The van der Waals surface area contributed by atoms with Gasteiger partial charge in [0.1, 0.15) is 12.1 Å². The van der Waals surface area contributed by atoms with Crippen molar-refractivity contribution in [2.24, 2.45) is 0 Å². The van der Waals surface area contributed by atoms with E-state index in [4.69, 9.17) is 23.2 Å². The third kappa shape index (κ3) is 3.28. The molecule has 0 bridgehead atoms. The molecule has 0 unspecified atom stereocenters. The molecular formula is C20H17Cl2N3O3. The fourth-order valence-electron chi connectivity index (χ4n) is 3.98. The highest BCUT2D eigenvalue weighted by Gasteiger charge is 2.58. The van der Waals surface area contributed by atoms with E-state index in [-0.39, 0.29) is 10.8 Å². The second-order valence-corrected chi connectivity index (χ2v) is 7.64. The Balaban J connectivity index is 1.78. The molecule has 0 spiro atoms. The zero-order valence-corrected chi connectivity index (χ0v) is 16.3. The number of halogens is 2. The molecule has 4 rings (SSSR count). The lowest BCUT2D eigenvalue weighted by molar-refractivity contribution is -0.526. The topological polar surface area (TPSA) is 66.7 Å². The number of hydrazine groups is 1. The highest BCUT2D eigenvalue weighted by Crippen LogP contribution is 2.44. The van der Waals surface area contributed by atoms with Crippen LogP contribution in [0.15, 0.2) is 54.6 Å². The number of carbonyl (C=O) groups is 1.